The van der Waals surface area contributed by atoms with Gasteiger partial charge in [-0.25, -0.2) is 0 Å². The molecule has 0 heterocycles. The van der Waals surface area contributed by atoms with E-state index in [-0.39, 0.29) is 5.91 Å². The fourth-order valence-electron chi connectivity index (χ4n) is 1.97. The van der Waals surface area contributed by atoms with Gasteiger partial charge >= 0.3 is 0 Å². The average molecular weight is 261 g/mol. The van der Waals surface area contributed by atoms with Crippen LogP contribution < -0.4 is 10.6 Å². The van der Waals surface area contributed by atoms with Gasteiger partial charge in [0.1, 0.15) is 12.3 Å². The second-order valence-electron chi connectivity index (χ2n) is 4.53. The van der Waals surface area contributed by atoms with Gasteiger partial charge in [0.15, 0.2) is 0 Å². The zero-order valence-electron chi connectivity index (χ0n) is 11.3. The van der Waals surface area contributed by atoms with E-state index in [0.717, 1.165) is 30.4 Å². The summed E-state index contributed by atoms with van der Waals surface area (Å²) in [5.74, 6) is -0.146. The Morgan fingerprint density at radius 2 is 2.32 bits per heavy atom. The topological polar surface area (TPSA) is 82.0 Å². The van der Waals surface area contributed by atoms with Gasteiger partial charge in [0.05, 0.1) is 11.6 Å². The predicted molar refractivity (Wildman–Crippen MR) is 71.9 cm³/mol. The highest BCUT2D eigenvalue weighted by molar-refractivity contribution is 5.82. The van der Waals surface area contributed by atoms with Crippen molar-refractivity contribution in [1.82, 2.24) is 10.6 Å². The molecule has 0 radical (unpaired) electrons. The second-order valence-corrected chi connectivity index (χ2v) is 4.53. The van der Waals surface area contributed by atoms with Crippen molar-refractivity contribution in [2.75, 3.05) is 7.05 Å². The molecular formula is C14H19N3O2. The summed E-state index contributed by atoms with van der Waals surface area (Å²) < 4.78 is 0. The summed E-state index contributed by atoms with van der Waals surface area (Å²) in [4.78, 5) is 22.1. The minimum atomic E-state index is -0.431. The second kappa shape index (κ2) is 7.37. The number of amides is 1. The summed E-state index contributed by atoms with van der Waals surface area (Å²) in [6, 6.07) is 1.72. The van der Waals surface area contributed by atoms with E-state index in [4.69, 9.17) is 5.26 Å². The van der Waals surface area contributed by atoms with Crippen LogP contribution in [-0.2, 0) is 9.59 Å². The van der Waals surface area contributed by atoms with E-state index in [2.05, 4.69) is 16.7 Å². The molecule has 0 fully saturated rings. The third kappa shape index (κ3) is 4.25. The van der Waals surface area contributed by atoms with Crippen molar-refractivity contribution in [1.29, 1.82) is 5.26 Å². The number of hydrogen-bond donors (Lipinski definition) is 2. The summed E-state index contributed by atoms with van der Waals surface area (Å²) >= 11 is 0. The molecule has 19 heavy (non-hydrogen) atoms. The average Bonchev–Trinajstić information content (AvgIpc) is 2.44. The van der Waals surface area contributed by atoms with E-state index >= 15 is 0 Å². The Morgan fingerprint density at radius 3 is 2.89 bits per heavy atom. The predicted octanol–water partition coefficient (Wildman–Crippen LogP) is 1.19. The maximum absolute atomic E-state index is 11.7. The molecule has 0 saturated carbocycles. The molecular weight excluding hydrogens is 242 g/mol. The number of aldehydes is 1. The van der Waals surface area contributed by atoms with E-state index in [1.807, 2.05) is 6.92 Å². The number of carbonyl (C=O) groups excluding carboxylic acids is 2. The van der Waals surface area contributed by atoms with Crippen molar-refractivity contribution in [3.8, 4) is 6.07 Å². The van der Waals surface area contributed by atoms with Gasteiger partial charge in [0.25, 0.3) is 0 Å². The van der Waals surface area contributed by atoms with Crippen LogP contribution in [0.4, 0.5) is 0 Å². The molecule has 0 spiro atoms. The van der Waals surface area contributed by atoms with Gasteiger partial charge in [-0.3, -0.25) is 4.79 Å². The maximum atomic E-state index is 11.7. The fourth-order valence-corrected chi connectivity index (χ4v) is 1.97. The summed E-state index contributed by atoms with van der Waals surface area (Å²) in [5.41, 5.74) is 2.60. The highest BCUT2D eigenvalue weighted by Gasteiger charge is 2.19. The van der Waals surface area contributed by atoms with Gasteiger partial charge in [0.2, 0.25) is 5.91 Å². The first-order valence-corrected chi connectivity index (χ1v) is 6.34. The molecule has 1 amide bonds. The van der Waals surface area contributed by atoms with E-state index < -0.39 is 6.04 Å². The molecule has 0 aromatic carbocycles. The number of rotatable bonds is 6. The number of likely N-dealkylation sites (N-methyl/N-ethyl adjacent to an activating group) is 1. The van der Waals surface area contributed by atoms with Gasteiger partial charge in [-0.1, -0.05) is 5.57 Å². The van der Waals surface area contributed by atoms with Gasteiger partial charge < -0.3 is 15.4 Å². The van der Waals surface area contributed by atoms with Crippen LogP contribution in [0.5, 0.6) is 0 Å². The molecule has 1 rings (SSSR count). The van der Waals surface area contributed by atoms with Gasteiger partial charge in [0, 0.05) is 19.2 Å². The number of nitriles is 1. The normalized spacial score (nSPS) is 16.2. The van der Waals surface area contributed by atoms with Gasteiger partial charge in [-0.2, -0.15) is 5.26 Å². The van der Waals surface area contributed by atoms with Crippen molar-refractivity contribution < 1.29 is 9.59 Å². The minimum absolute atomic E-state index is 0.146. The molecule has 5 nitrogen and oxygen atoms in total. The van der Waals surface area contributed by atoms with Gasteiger partial charge in [-0.15, -0.1) is 0 Å². The van der Waals surface area contributed by atoms with Crippen molar-refractivity contribution in [3.05, 3.63) is 22.9 Å². The Morgan fingerprint density at radius 1 is 1.58 bits per heavy atom. The lowest BCUT2D eigenvalue weighted by Gasteiger charge is -2.22. The van der Waals surface area contributed by atoms with Gasteiger partial charge in [-0.05, 0) is 32.3 Å². The quantitative estimate of drug-likeness (QED) is 0.704. The Labute approximate surface area is 113 Å². The third-order valence-electron chi connectivity index (χ3n) is 3.16. The maximum Gasteiger partial charge on any atom is 0.242 e. The van der Waals surface area contributed by atoms with Crippen LogP contribution in [0.15, 0.2) is 22.9 Å². The van der Waals surface area contributed by atoms with Crippen molar-refractivity contribution in [3.63, 3.8) is 0 Å². The van der Waals surface area contributed by atoms with Crippen LogP contribution >= 0.6 is 0 Å². The molecule has 1 unspecified atom stereocenters. The molecule has 0 aromatic heterocycles. The Balaban J connectivity index is 2.77. The first kappa shape index (κ1) is 15.0. The summed E-state index contributed by atoms with van der Waals surface area (Å²) in [6.45, 7) is 1.94. The Kier molecular flexibility index (Phi) is 5.80. The first-order valence-electron chi connectivity index (χ1n) is 6.34. The summed E-state index contributed by atoms with van der Waals surface area (Å²) in [5, 5.41) is 14.7. The molecule has 5 heteroatoms. The van der Waals surface area contributed by atoms with Crippen LogP contribution in [0.2, 0.25) is 0 Å². The number of nitrogens with one attached hydrogen (secondary N) is 2. The minimum Gasteiger partial charge on any atom is -0.377 e. The molecule has 0 aliphatic heterocycles. The van der Waals surface area contributed by atoms with E-state index in [1.165, 1.54) is 0 Å². The molecule has 102 valence electrons. The molecule has 0 aromatic rings. The highest BCUT2D eigenvalue weighted by Crippen LogP contribution is 2.22. The fraction of sp³-hybridized carbons (Fsp3) is 0.500. The number of hydrogen-bond acceptors (Lipinski definition) is 4. The number of nitrogens with zero attached hydrogens (tertiary/aromatic N) is 1. The summed E-state index contributed by atoms with van der Waals surface area (Å²) in [7, 11) is 1.57. The third-order valence-corrected chi connectivity index (χ3v) is 3.16. The van der Waals surface area contributed by atoms with E-state index in [9.17, 15) is 9.59 Å². The lowest BCUT2D eigenvalue weighted by molar-refractivity contribution is -0.122. The standard InChI is InChI=1S/C14H19N3O2/c1-10-5-6-12(8-11(10)9-15)17-13(4-3-7-18)14(19)16-2/h7-8,13,17H,3-6H2,1-2H3,(H,16,19). The molecule has 1 aliphatic rings. The lowest BCUT2D eigenvalue weighted by Crippen LogP contribution is -2.42. The largest absolute Gasteiger partial charge is 0.377 e. The summed E-state index contributed by atoms with van der Waals surface area (Å²) in [6.07, 6.45) is 4.97. The molecule has 2 N–H and O–H groups in total. The Hall–Kier alpha value is -2.09. The smallest absolute Gasteiger partial charge is 0.242 e. The highest BCUT2D eigenvalue weighted by atomic mass is 16.2. The first-order chi connectivity index (χ1) is 9.12. The zero-order chi connectivity index (χ0) is 14.3. The zero-order valence-corrected chi connectivity index (χ0v) is 11.3. The van der Waals surface area contributed by atoms with Crippen LogP contribution in [-0.4, -0.2) is 25.3 Å². The van der Waals surface area contributed by atoms with Crippen LogP contribution in [0, 0.1) is 11.3 Å². The lowest BCUT2D eigenvalue weighted by atomic mass is 9.96. The van der Waals surface area contributed by atoms with Crippen molar-refractivity contribution >= 4 is 12.2 Å². The van der Waals surface area contributed by atoms with Crippen LogP contribution in [0.1, 0.15) is 32.6 Å². The molecule has 0 saturated heterocycles. The Bertz CT molecular complexity index is 458. The van der Waals surface area contributed by atoms with E-state index in [1.54, 1.807) is 13.1 Å². The number of allylic oxidation sites excluding steroid dienone is 4. The van der Waals surface area contributed by atoms with Crippen molar-refractivity contribution in [2.45, 2.75) is 38.6 Å². The van der Waals surface area contributed by atoms with Crippen LogP contribution in [0.25, 0.3) is 0 Å². The molecule has 1 aliphatic carbocycles. The van der Waals surface area contributed by atoms with Crippen molar-refractivity contribution in [2.24, 2.45) is 0 Å². The van der Waals surface area contributed by atoms with E-state index in [0.29, 0.717) is 18.4 Å². The number of carbonyl (C=O) groups is 2. The molecule has 1 atom stereocenters. The SMILES string of the molecule is CNC(=O)C(CCC=O)NC1=CC(C#N)=C(C)CC1. The van der Waals surface area contributed by atoms with Crippen LogP contribution in [0.3, 0.4) is 0 Å². The monoisotopic (exact) mass is 261 g/mol. The molecule has 0 bridgehead atoms.